The lowest BCUT2D eigenvalue weighted by Gasteiger charge is -2.13. The number of hydrogen-bond acceptors (Lipinski definition) is 8. The van der Waals surface area contributed by atoms with Crippen molar-refractivity contribution in [3.63, 3.8) is 0 Å². The van der Waals surface area contributed by atoms with Crippen molar-refractivity contribution in [2.75, 3.05) is 11.9 Å². The van der Waals surface area contributed by atoms with E-state index in [4.69, 9.17) is 25.5 Å². The summed E-state index contributed by atoms with van der Waals surface area (Å²) in [5.41, 5.74) is 3.05. The maximum absolute atomic E-state index is 13.7. The predicted octanol–water partition coefficient (Wildman–Crippen LogP) is 8.80. The summed E-state index contributed by atoms with van der Waals surface area (Å²) in [6.07, 6.45) is 4.87. The number of furan rings is 1. The third kappa shape index (κ3) is 9.50. The quantitative estimate of drug-likeness (QED) is 0.0776. The summed E-state index contributed by atoms with van der Waals surface area (Å²) >= 11 is 10.6. The van der Waals surface area contributed by atoms with Gasteiger partial charge in [0.15, 0.2) is 11.8 Å². The van der Waals surface area contributed by atoms with Crippen LogP contribution in [0.25, 0.3) is 6.08 Å². The number of halogens is 2. The van der Waals surface area contributed by atoms with Gasteiger partial charge in [-0.05, 0) is 95.7 Å². The zero-order valence-electron chi connectivity index (χ0n) is 25.8. The summed E-state index contributed by atoms with van der Waals surface area (Å²) in [6.45, 7) is 0.368. The van der Waals surface area contributed by atoms with E-state index in [1.807, 2.05) is 60.7 Å². The molecule has 2 heterocycles. The zero-order chi connectivity index (χ0) is 34.0. The van der Waals surface area contributed by atoms with Gasteiger partial charge >= 0.3 is 0 Å². The average molecular weight is 756 g/mol. The molecular formula is C37H28BrClN4O5S. The van der Waals surface area contributed by atoms with Crippen LogP contribution in [0.3, 0.4) is 0 Å². The summed E-state index contributed by atoms with van der Waals surface area (Å²) in [4.78, 5) is 28.2. The van der Waals surface area contributed by atoms with Crippen LogP contribution in [0.15, 0.2) is 139 Å². The molecule has 1 aromatic heterocycles. The number of hydrogen-bond donors (Lipinski definition) is 1. The lowest BCUT2D eigenvalue weighted by atomic mass is 10.2. The molecule has 0 atom stereocenters. The minimum Gasteiger partial charge on any atom is -0.489 e. The molecule has 9 nitrogen and oxygen atoms in total. The Balaban J connectivity index is 1.18. The minimum atomic E-state index is -0.347. The molecule has 0 bridgehead atoms. The Morgan fingerprint density at radius 1 is 0.959 bits per heavy atom. The highest BCUT2D eigenvalue weighted by Gasteiger charge is 2.34. The number of benzene rings is 4. The molecule has 5 aromatic rings. The molecule has 1 fully saturated rings. The second-order valence-electron chi connectivity index (χ2n) is 10.6. The van der Waals surface area contributed by atoms with Gasteiger partial charge in [0, 0.05) is 20.7 Å². The molecule has 1 aliphatic heterocycles. The highest BCUT2D eigenvalue weighted by Crippen LogP contribution is 2.36. The SMILES string of the molecule is O=C(COc1ccc(Br)cc1/C=C1\S/C(=N/N=C\c2cccc(OCc3ccccc3)c2)N(Cc2ccco2)C1=O)Nc1ccc(Cl)cc1. The third-order valence-corrected chi connectivity index (χ3v) is 8.73. The highest BCUT2D eigenvalue weighted by atomic mass is 79.9. The van der Waals surface area contributed by atoms with Gasteiger partial charge in [-0.15, -0.1) is 5.10 Å². The molecule has 1 aliphatic rings. The van der Waals surface area contributed by atoms with Crippen molar-refractivity contribution < 1.29 is 23.5 Å². The summed E-state index contributed by atoms with van der Waals surface area (Å²) in [5, 5.41) is 12.4. The van der Waals surface area contributed by atoms with E-state index in [0.29, 0.717) is 50.2 Å². The molecule has 0 aliphatic carbocycles. The number of nitrogens with zero attached hydrogens (tertiary/aromatic N) is 3. The van der Waals surface area contributed by atoms with Crippen molar-refractivity contribution in [2.24, 2.45) is 10.2 Å². The largest absolute Gasteiger partial charge is 0.489 e. The number of carbonyl (C=O) groups is 2. The topological polar surface area (TPSA) is 106 Å². The Hall–Kier alpha value is -5.10. The molecule has 0 radical (unpaired) electrons. The van der Waals surface area contributed by atoms with Crippen molar-refractivity contribution in [1.82, 2.24) is 4.90 Å². The van der Waals surface area contributed by atoms with Crippen molar-refractivity contribution in [2.45, 2.75) is 13.2 Å². The Kier molecular flexibility index (Phi) is 11.3. The number of carbonyl (C=O) groups excluding carboxylic acids is 2. The first-order valence-electron chi connectivity index (χ1n) is 15.0. The number of amides is 2. The van der Waals surface area contributed by atoms with Crippen LogP contribution in [0.2, 0.25) is 5.02 Å². The number of anilines is 1. The van der Waals surface area contributed by atoms with Crippen LogP contribution in [0.5, 0.6) is 11.5 Å². The van der Waals surface area contributed by atoms with Crippen molar-refractivity contribution in [3.05, 3.63) is 152 Å². The fourth-order valence-corrected chi connectivity index (χ4v) is 6.06. The zero-order valence-corrected chi connectivity index (χ0v) is 29.0. The van der Waals surface area contributed by atoms with Gasteiger partial charge in [-0.25, -0.2) is 0 Å². The lowest BCUT2D eigenvalue weighted by Crippen LogP contribution is -2.28. The molecule has 2 amide bonds. The Morgan fingerprint density at radius 3 is 2.59 bits per heavy atom. The van der Waals surface area contributed by atoms with Crippen LogP contribution in [-0.2, 0) is 22.7 Å². The van der Waals surface area contributed by atoms with Crippen LogP contribution in [0, 0.1) is 0 Å². The van der Waals surface area contributed by atoms with E-state index in [2.05, 4.69) is 31.4 Å². The molecule has 1 N–H and O–H groups in total. The van der Waals surface area contributed by atoms with Crippen molar-refractivity contribution in [1.29, 1.82) is 0 Å². The number of ether oxygens (including phenoxy) is 2. The van der Waals surface area contributed by atoms with Crippen LogP contribution >= 0.6 is 39.3 Å². The van der Waals surface area contributed by atoms with Gasteiger partial charge in [-0.1, -0.05) is 70.0 Å². The van der Waals surface area contributed by atoms with Gasteiger partial charge in [0.2, 0.25) is 0 Å². The van der Waals surface area contributed by atoms with Gasteiger partial charge in [0.05, 0.1) is 23.9 Å². The van der Waals surface area contributed by atoms with E-state index in [-0.39, 0.29) is 25.0 Å². The lowest BCUT2D eigenvalue weighted by molar-refractivity contribution is -0.122. The maximum atomic E-state index is 13.7. The maximum Gasteiger partial charge on any atom is 0.267 e. The number of amidine groups is 1. The molecular weight excluding hydrogens is 728 g/mol. The Morgan fingerprint density at radius 2 is 1.80 bits per heavy atom. The predicted molar refractivity (Wildman–Crippen MR) is 197 cm³/mol. The van der Waals surface area contributed by atoms with E-state index in [9.17, 15) is 9.59 Å². The molecule has 0 saturated carbocycles. The molecule has 0 unspecified atom stereocenters. The van der Waals surface area contributed by atoms with Gasteiger partial charge in [-0.2, -0.15) is 5.10 Å². The van der Waals surface area contributed by atoms with E-state index in [1.165, 1.54) is 16.7 Å². The molecule has 246 valence electrons. The summed E-state index contributed by atoms with van der Waals surface area (Å²) in [7, 11) is 0. The van der Waals surface area contributed by atoms with Crippen molar-refractivity contribution >= 4 is 74.3 Å². The average Bonchev–Trinajstić information content (AvgIpc) is 3.73. The summed E-state index contributed by atoms with van der Waals surface area (Å²) in [6, 6.07) is 33.1. The fourth-order valence-electron chi connectivity index (χ4n) is 4.63. The molecule has 1 saturated heterocycles. The summed E-state index contributed by atoms with van der Waals surface area (Å²) < 4.78 is 18.1. The number of rotatable bonds is 12. The van der Waals surface area contributed by atoms with Crippen LogP contribution < -0.4 is 14.8 Å². The van der Waals surface area contributed by atoms with E-state index in [1.54, 1.807) is 67.1 Å². The second-order valence-corrected chi connectivity index (χ2v) is 12.9. The first kappa shape index (κ1) is 33.8. The first-order chi connectivity index (χ1) is 23.9. The van der Waals surface area contributed by atoms with Crippen LogP contribution in [0.1, 0.15) is 22.5 Å². The van der Waals surface area contributed by atoms with Gasteiger partial charge < -0.3 is 19.2 Å². The molecule has 0 spiro atoms. The standard InChI is InChI=1S/C37H28BrClN4O5S/c38-28-11-16-33(48-24-35(44)41-30-14-12-29(39)13-15-30)27(19-28)20-34-36(45)43(22-32-10-5-17-46-32)37(49-34)42-40-21-26-8-4-9-31(18-26)47-23-25-6-2-1-3-7-25/h1-21H,22-24H2,(H,41,44)/b34-20-,40-21-,42-37+. The Bertz CT molecular complexity index is 2020. The third-order valence-electron chi connectivity index (χ3n) is 6.98. The monoisotopic (exact) mass is 754 g/mol. The number of nitrogens with one attached hydrogen (secondary N) is 1. The molecule has 4 aromatic carbocycles. The van der Waals surface area contributed by atoms with E-state index in [0.717, 1.165) is 15.6 Å². The highest BCUT2D eigenvalue weighted by molar-refractivity contribution is 9.10. The molecule has 12 heteroatoms. The molecule has 49 heavy (non-hydrogen) atoms. The van der Waals surface area contributed by atoms with E-state index < -0.39 is 0 Å². The van der Waals surface area contributed by atoms with Gasteiger partial charge in [-0.3, -0.25) is 14.5 Å². The smallest absolute Gasteiger partial charge is 0.267 e. The minimum absolute atomic E-state index is 0.167. The second kappa shape index (κ2) is 16.3. The van der Waals surface area contributed by atoms with Gasteiger partial charge in [0.25, 0.3) is 11.8 Å². The fraction of sp³-hybridized carbons (Fsp3) is 0.0811. The Labute approximate surface area is 300 Å². The molecule has 6 rings (SSSR count). The van der Waals surface area contributed by atoms with Gasteiger partial charge in [0.1, 0.15) is 23.9 Å². The van der Waals surface area contributed by atoms with Crippen molar-refractivity contribution in [3.8, 4) is 11.5 Å². The van der Waals surface area contributed by atoms with E-state index >= 15 is 0 Å². The normalized spacial score (nSPS) is 14.6. The van der Waals surface area contributed by atoms with Crippen LogP contribution in [0.4, 0.5) is 5.69 Å². The number of thioether (sulfide) groups is 1. The first-order valence-corrected chi connectivity index (χ1v) is 17.0. The summed E-state index contributed by atoms with van der Waals surface area (Å²) in [5.74, 6) is 1.09. The van der Waals surface area contributed by atoms with Crippen LogP contribution in [-0.4, -0.2) is 34.7 Å².